The van der Waals surface area contributed by atoms with Gasteiger partial charge in [0.2, 0.25) is 0 Å². The fourth-order valence-electron chi connectivity index (χ4n) is 4.08. The van der Waals surface area contributed by atoms with Crippen molar-refractivity contribution in [2.75, 3.05) is 25.4 Å². The molecule has 0 atom stereocenters. The number of rotatable bonds is 4. The minimum atomic E-state index is 0.630. The van der Waals surface area contributed by atoms with Crippen molar-refractivity contribution in [2.24, 2.45) is 0 Å². The van der Waals surface area contributed by atoms with E-state index in [1.807, 2.05) is 6.07 Å². The molecule has 0 saturated carbocycles. The summed E-state index contributed by atoms with van der Waals surface area (Å²) in [4.78, 5) is 2.60. The minimum absolute atomic E-state index is 0.630. The molecule has 2 heterocycles. The van der Waals surface area contributed by atoms with Crippen molar-refractivity contribution in [1.82, 2.24) is 9.47 Å². The minimum Gasteiger partial charge on any atom is -0.399 e. The average Bonchev–Trinajstić information content (AvgIpc) is 3.07. The molecule has 2 aromatic carbocycles. The van der Waals surface area contributed by atoms with E-state index in [0.717, 1.165) is 18.7 Å². The van der Waals surface area contributed by atoms with Crippen LogP contribution in [-0.4, -0.2) is 29.1 Å². The van der Waals surface area contributed by atoms with Crippen LogP contribution in [0.2, 0.25) is 0 Å². The Hall–Kier alpha value is -2.26. The number of piperidine rings is 1. The smallest absolute Gasteiger partial charge is 0.0482 e. The lowest BCUT2D eigenvalue weighted by atomic mass is 10.0. The molecule has 0 radical (unpaired) electrons. The van der Waals surface area contributed by atoms with E-state index in [1.54, 1.807) is 0 Å². The summed E-state index contributed by atoms with van der Waals surface area (Å²) in [6.45, 7) is 5.67. The van der Waals surface area contributed by atoms with E-state index >= 15 is 0 Å². The first kappa shape index (κ1) is 16.2. The maximum Gasteiger partial charge on any atom is 0.0482 e. The largest absolute Gasteiger partial charge is 0.399 e. The van der Waals surface area contributed by atoms with E-state index in [0.29, 0.717) is 6.04 Å². The molecule has 1 aromatic heterocycles. The number of para-hydroxylation sites is 1. The molecule has 2 N–H and O–H groups in total. The quantitative estimate of drug-likeness (QED) is 0.718. The average molecular weight is 333 g/mol. The van der Waals surface area contributed by atoms with Gasteiger partial charge in [-0.3, -0.25) is 0 Å². The first-order chi connectivity index (χ1) is 12.2. The molecule has 130 valence electrons. The van der Waals surface area contributed by atoms with E-state index in [1.165, 1.54) is 48.0 Å². The van der Waals surface area contributed by atoms with Crippen LogP contribution >= 0.6 is 0 Å². The van der Waals surface area contributed by atoms with Crippen LogP contribution in [0.1, 0.15) is 30.0 Å². The van der Waals surface area contributed by atoms with Gasteiger partial charge in [0.1, 0.15) is 0 Å². The third kappa shape index (κ3) is 3.42. The molecule has 1 saturated heterocycles. The van der Waals surface area contributed by atoms with Crippen LogP contribution < -0.4 is 5.73 Å². The third-order valence-corrected chi connectivity index (χ3v) is 5.65. The van der Waals surface area contributed by atoms with Gasteiger partial charge in [-0.2, -0.15) is 0 Å². The van der Waals surface area contributed by atoms with Crippen LogP contribution in [0.25, 0.3) is 10.9 Å². The second-order valence-electron chi connectivity index (χ2n) is 7.29. The lowest BCUT2D eigenvalue weighted by Crippen LogP contribution is -2.35. The van der Waals surface area contributed by atoms with Gasteiger partial charge in [0.05, 0.1) is 0 Å². The molecule has 0 bridgehead atoms. The highest BCUT2D eigenvalue weighted by Crippen LogP contribution is 2.28. The lowest BCUT2D eigenvalue weighted by molar-refractivity contribution is 0.190. The van der Waals surface area contributed by atoms with Gasteiger partial charge in [0.25, 0.3) is 0 Å². The molecule has 0 amide bonds. The Morgan fingerprint density at radius 2 is 1.84 bits per heavy atom. The van der Waals surface area contributed by atoms with Crippen molar-refractivity contribution < 1.29 is 0 Å². The van der Waals surface area contributed by atoms with Gasteiger partial charge in [-0.25, -0.2) is 0 Å². The van der Waals surface area contributed by atoms with Crippen LogP contribution in [0, 0.1) is 6.92 Å². The fourth-order valence-corrected chi connectivity index (χ4v) is 4.08. The number of fused-ring (bicyclic) bond motifs is 1. The molecular weight excluding hydrogens is 306 g/mol. The Kier molecular flexibility index (Phi) is 4.50. The molecule has 1 fully saturated rings. The molecule has 25 heavy (non-hydrogen) atoms. The van der Waals surface area contributed by atoms with Crippen molar-refractivity contribution in [2.45, 2.75) is 32.2 Å². The van der Waals surface area contributed by atoms with Gasteiger partial charge in [-0.1, -0.05) is 24.3 Å². The number of nitrogen functional groups attached to an aromatic ring is 1. The summed E-state index contributed by atoms with van der Waals surface area (Å²) in [5.41, 5.74) is 10.9. The zero-order valence-electron chi connectivity index (χ0n) is 15.0. The van der Waals surface area contributed by atoms with Crippen molar-refractivity contribution in [3.63, 3.8) is 0 Å². The summed E-state index contributed by atoms with van der Waals surface area (Å²) >= 11 is 0. The first-order valence-corrected chi connectivity index (χ1v) is 9.33. The molecule has 3 aromatic rings. The number of hydrogen-bond acceptors (Lipinski definition) is 2. The number of aryl methyl sites for hydroxylation is 1. The van der Waals surface area contributed by atoms with Crippen LogP contribution in [0.3, 0.4) is 0 Å². The van der Waals surface area contributed by atoms with Crippen LogP contribution in [0.4, 0.5) is 5.69 Å². The highest BCUT2D eigenvalue weighted by molar-refractivity contribution is 5.80. The van der Waals surface area contributed by atoms with Crippen molar-refractivity contribution in [3.05, 3.63) is 65.9 Å². The Morgan fingerprint density at radius 3 is 2.68 bits per heavy atom. The zero-order valence-corrected chi connectivity index (χ0v) is 15.0. The van der Waals surface area contributed by atoms with Crippen molar-refractivity contribution in [3.8, 4) is 0 Å². The number of anilines is 1. The number of benzene rings is 2. The monoisotopic (exact) mass is 333 g/mol. The highest BCUT2D eigenvalue weighted by atomic mass is 15.1. The SMILES string of the molecule is Cc1ccc(N)cc1CCN1CCC(n2ccc3ccccc32)CC1. The van der Waals surface area contributed by atoms with Gasteiger partial charge >= 0.3 is 0 Å². The van der Waals surface area contributed by atoms with Gasteiger partial charge < -0.3 is 15.2 Å². The predicted octanol–water partition coefficient (Wildman–Crippen LogP) is 4.41. The second kappa shape index (κ2) is 6.93. The molecule has 0 spiro atoms. The van der Waals surface area contributed by atoms with E-state index in [9.17, 15) is 0 Å². The molecule has 1 aliphatic rings. The van der Waals surface area contributed by atoms with E-state index in [-0.39, 0.29) is 0 Å². The zero-order chi connectivity index (χ0) is 17.2. The molecule has 1 aliphatic heterocycles. The van der Waals surface area contributed by atoms with Gasteiger partial charge in [-0.05, 0) is 67.0 Å². The van der Waals surface area contributed by atoms with Crippen LogP contribution in [-0.2, 0) is 6.42 Å². The Labute approximate surface area is 150 Å². The summed E-state index contributed by atoms with van der Waals surface area (Å²) in [6, 6.07) is 17.8. The highest BCUT2D eigenvalue weighted by Gasteiger charge is 2.21. The standard InChI is InChI=1S/C22H27N3/c1-17-6-7-20(23)16-19(17)8-12-24-13-10-21(11-14-24)25-15-9-18-4-2-3-5-22(18)25/h2-7,9,15-16,21H,8,10-14,23H2,1H3. The number of hydrogen-bond donors (Lipinski definition) is 1. The van der Waals surface area contributed by atoms with Crippen LogP contribution in [0.15, 0.2) is 54.7 Å². The maximum atomic E-state index is 5.94. The molecule has 3 heteroatoms. The number of nitrogens with two attached hydrogens (primary N) is 1. The lowest BCUT2D eigenvalue weighted by Gasteiger charge is -2.33. The molecule has 4 rings (SSSR count). The Morgan fingerprint density at radius 1 is 1.04 bits per heavy atom. The fraction of sp³-hybridized carbons (Fsp3) is 0.364. The van der Waals surface area contributed by atoms with Gasteiger partial charge in [0, 0.05) is 43.1 Å². The van der Waals surface area contributed by atoms with Crippen LogP contribution in [0.5, 0.6) is 0 Å². The topological polar surface area (TPSA) is 34.2 Å². The molecule has 0 unspecified atom stereocenters. The van der Waals surface area contributed by atoms with E-state index in [4.69, 9.17) is 5.73 Å². The van der Waals surface area contributed by atoms with Crippen molar-refractivity contribution in [1.29, 1.82) is 0 Å². The number of aromatic nitrogens is 1. The van der Waals surface area contributed by atoms with Gasteiger partial charge in [-0.15, -0.1) is 0 Å². The van der Waals surface area contributed by atoms with Gasteiger partial charge in [0.15, 0.2) is 0 Å². The second-order valence-corrected chi connectivity index (χ2v) is 7.29. The Balaban J connectivity index is 1.36. The summed E-state index contributed by atoms with van der Waals surface area (Å²) in [5.74, 6) is 0. The summed E-state index contributed by atoms with van der Waals surface area (Å²) in [7, 11) is 0. The van der Waals surface area contributed by atoms with Crippen molar-refractivity contribution >= 4 is 16.6 Å². The maximum absolute atomic E-state index is 5.94. The van der Waals surface area contributed by atoms with E-state index < -0.39 is 0 Å². The van der Waals surface area contributed by atoms with E-state index in [2.05, 4.69) is 65.1 Å². The first-order valence-electron chi connectivity index (χ1n) is 9.33. The number of likely N-dealkylation sites (tertiary alicyclic amines) is 1. The normalized spacial score (nSPS) is 16.5. The predicted molar refractivity (Wildman–Crippen MR) is 106 cm³/mol. The summed E-state index contributed by atoms with van der Waals surface area (Å²) in [5, 5.41) is 1.35. The molecule has 3 nitrogen and oxygen atoms in total. The molecule has 0 aliphatic carbocycles. The summed E-state index contributed by atoms with van der Waals surface area (Å²) < 4.78 is 2.48. The third-order valence-electron chi connectivity index (χ3n) is 5.65. The molecular formula is C22H27N3. The Bertz CT molecular complexity index is 857. The number of nitrogens with zero attached hydrogens (tertiary/aromatic N) is 2. The summed E-state index contributed by atoms with van der Waals surface area (Å²) in [6.07, 6.45) is 5.82.